The highest BCUT2D eigenvalue weighted by atomic mass is 32.2. The normalized spacial score (nSPS) is 15.1. The Morgan fingerprint density at radius 1 is 1.07 bits per heavy atom. The fourth-order valence-electron chi connectivity index (χ4n) is 3.34. The Hall–Kier alpha value is -2.65. The maximum absolute atomic E-state index is 12.8. The van der Waals surface area contributed by atoms with Gasteiger partial charge >= 0.3 is 0 Å². The highest BCUT2D eigenvalue weighted by Crippen LogP contribution is 2.30. The second-order valence-electron chi connectivity index (χ2n) is 7.32. The third-order valence-corrected chi connectivity index (χ3v) is 6.95. The minimum atomic E-state index is -3.72. The van der Waals surface area contributed by atoms with Crippen LogP contribution in [0.25, 0.3) is 0 Å². The maximum Gasteiger partial charge on any atom is 0.293 e. The Balaban J connectivity index is 1.80. The third kappa shape index (κ3) is 4.86. The summed E-state index contributed by atoms with van der Waals surface area (Å²) in [7, 11) is 0.191. The van der Waals surface area contributed by atoms with Crippen molar-refractivity contribution in [2.45, 2.75) is 30.7 Å². The minimum absolute atomic E-state index is 0.0352. The first-order chi connectivity index (χ1) is 13.8. The zero-order chi connectivity index (χ0) is 21.0. The highest BCUT2D eigenvalue weighted by Gasteiger charge is 2.28. The monoisotopic (exact) mass is 418 g/mol. The van der Waals surface area contributed by atoms with Crippen molar-refractivity contribution < 1.29 is 13.3 Å². The van der Waals surface area contributed by atoms with Gasteiger partial charge in [0.25, 0.3) is 5.69 Å². The van der Waals surface area contributed by atoms with Crippen LogP contribution in [-0.2, 0) is 16.6 Å². The third-order valence-electron chi connectivity index (χ3n) is 5.05. The van der Waals surface area contributed by atoms with E-state index in [1.165, 1.54) is 16.4 Å². The number of nitrogens with one attached hydrogen (secondary N) is 1. The van der Waals surface area contributed by atoms with Crippen LogP contribution in [0.3, 0.4) is 0 Å². The number of nitro groups is 1. The highest BCUT2D eigenvalue weighted by molar-refractivity contribution is 7.89. The average molecular weight is 419 g/mol. The molecule has 0 saturated carbocycles. The lowest BCUT2D eigenvalue weighted by molar-refractivity contribution is -0.384. The maximum atomic E-state index is 12.8. The van der Waals surface area contributed by atoms with Crippen LogP contribution in [0.15, 0.2) is 47.4 Å². The standard InChI is InChI=1S/C20H26N4O4S/c1-22(2)17-8-6-16(7-9-17)15-21-19-11-10-18(14-20(19)24(25)26)29(27,28)23-12-4-3-5-13-23/h6-11,14,21H,3-5,12-13,15H2,1-2H3. The number of nitrogens with zero attached hydrogens (tertiary/aromatic N) is 3. The van der Waals surface area contributed by atoms with Crippen molar-refractivity contribution in [3.05, 3.63) is 58.1 Å². The van der Waals surface area contributed by atoms with Crippen molar-refractivity contribution in [3.63, 3.8) is 0 Å². The summed E-state index contributed by atoms with van der Waals surface area (Å²) >= 11 is 0. The van der Waals surface area contributed by atoms with Gasteiger partial charge in [0.05, 0.1) is 9.82 Å². The number of rotatable bonds is 7. The van der Waals surface area contributed by atoms with Gasteiger partial charge < -0.3 is 10.2 Å². The molecule has 0 amide bonds. The van der Waals surface area contributed by atoms with Gasteiger partial charge in [-0.2, -0.15) is 4.31 Å². The summed E-state index contributed by atoms with van der Waals surface area (Å²) in [5.41, 5.74) is 2.08. The molecule has 1 saturated heterocycles. The fraction of sp³-hybridized carbons (Fsp3) is 0.400. The van der Waals surface area contributed by atoms with E-state index in [1.54, 1.807) is 0 Å². The predicted octanol–water partition coefficient (Wildman–Crippen LogP) is 3.45. The molecule has 0 spiro atoms. The number of sulfonamides is 1. The summed E-state index contributed by atoms with van der Waals surface area (Å²) in [5, 5.41) is 14.6. The van der Waals surface area contributed by atoms with Crippen LogP contribution in [-0.4, -0.2) is 44.8 Å². The summed E-state index contributed by atoms with van der Waals surface area (Å²) in [6, 6.07) is 11.9. The summed E-state index contributed by atoms with van der Waals surface area (Å²) in [5.74, 6) is 0. The Bertz CT molecular complexity index is 968. The number of anilines is 2. The lowest BCUT2D eigenvalue weighted by Gasteiger charge is -2.25. The summed E-state index contributed by atoms with van der Waals surface area (Å²) in [6.07, 6.45) is 2.63. The summed E-state index contributed by atoms with van der Waals surface area (Å²) < 4.78 is 27.0. The van der Waals surface area contributed by atoms with Gasteiger partial charge in [-0.15, -0.1) is 0 Å². The van der Waals surface area contributed by atoms with E-state index in [4.69, 9.17) is 0 Å². The van der Waals surface area contributed by atoms with E-state index in [-0.39, 0.29) is 10.6 Å². The van der Waals surface area contributed by atoms with Gasteiger partial charge in [0.1, 0.15) is 5.69 Å². The molecule has 1 heterocycles. The second-order valence-corrected chi connectivity index (χ2v) is 9.25. The molecule has 1 N–H and O–H groups in total. The first-order valence-electron chi connectivity index (χ1n) is 9.58. The van der Waals surface area contributed by atoms with Crippen molar-refractivity contribution in [1.82, 2.24) is 4.31 Å². The van der Waals surface area contributed by atoms with Gasteiger partial charge in [0.15, 0.2) is 0 Å². The minimum Gasteiger partial charge on any atom is -0.378 e. The van der Waals surface area contributed by atoms with E-state index in [0.29, 0.717) is 25.3 Å². The summed E-state index contributed by atoms with van der Waals surface area (Å²) in [6.45, 7) is 1.31. The largest absolute Gasteiger partial charge is 0.378 e. The molecular formula is C20H26N4O4S. The van der Waals surface area contributed by atoms with Gasteiger partial charge in [-0.1, -0.05) is 18.6 Å². The molecular weight excluding hydrogens is 392 g/mol. The van der Waals surface area contributed by atoms with E-state index in [0.717, 1.165) is 36.6 Å². The van der Waals surface area contributed by atoms with E-state index in [9.17, 15) is 18.5 Å². The molecule has 9 heteroatoms. The lowest BCUT2D eigenvalue weighted by atomic mass is 10.2. The van der Waals surface area contributed by atoms with Crippen molar-refractivity contribution in [3.8, 4) is 0 Å². The molecule has 1 fully saturated rings. The summed E-state index contributed by atoms with van der Waals surface area (Å²) in [4.78, 5) is 13.0. The van der Waals surface area contributed by atoms with Crippen molar-refractivity contribution in [1.29, 1.82) is 0 Å². The van der Waals surface area contributed by atoms with Crippen molar-refractivity contribution >= 4 is 27.1 Å². The fourth-order valence-corrected chi connectivity index (χ4v) is 4.87. The zero-order valence-electron chi connectivity index (χ0n) is 16.7. The number of hydrogen-bond donors (Lipinski definition) is 1. The molecule has 0 aliphatic carbocycles. The van der Waals surface area contributed by atoms with Gasteiger partial charge in [-0.3, -0.25) is 10.1 Å². The number of benzene rings is 2. The molecule has 0 aromatic heterocycles. The molecule has 1 aliphatic heterocycles. The van der Waals surface area contributed by atoms with E-state index in [1.807, 2.05) is 43.3 Å². The number of nitro benzene ring substituents is 1. The Morgan fingerprint density at radius 2 is 1.72 bits per heavy atom. The van der Waals surface area contributed by atoms with Gasteiger partial charge in [-0.05, 0) is 42.7 Å². The first kappa shape index (κ1) is 21.1. The van der Waals surface area contributed by atoms with Gasteiger partial charge in [0, 0.05) is 45.5 Å². The molecule has 0 unspecified atom stereocenters. The van der Waals surface area contributed by atoms with E-state index >= 15 is 0 Å². The van der Waals surface area contributed by atoms with Gasteiger partial charge in [0.2, 0.25) is 10.0 Å². The Kier molecular flexibility index (Phi) is 6.39. The average Bonchev–Trinajstić information content (AvgIpc) is 2.73. The molecule has 2 aromatic carbocycles. The number of hydrogen-bond acceptors (Lipinski definition) is 6. The molecule has 1 aliphatic rings. The van der Waals surface area contributed by atoms with Crippen LogP contribution >= 0.6 is 0 Å². The molecule has 156 valence electrons. The van der Waals surface area contributed by atoms with Gasteiger partial charge in [-0.25, -0.2) is 8.42 Å². The SMILES string of the molecule is CN(C)c1ccc(CNc2ccc(S(=O)(=O)N3CCCCC3)cc2[N+](=O)[O-])cc1. The van der Waals surface area contributed by atoms with E-state index < -0.39 is 14.9 Å². The first-order valence-corrected chi connectivity index (χ1v) is 11.0. The second kappa shape index (κ2) is 8.79. The van der Waals surface area contributed by atoms with Crippen molar-refractivity contribution in [2.24, 2.45) is 0 Å². The van der Waals surface area contributed by atoms with E-state index in [2.05, 4.69) is 5.32 Å². The van der Waals surface area contributed by atoms with Crippen LogP contribution in [0, 0.1) is 10.1 Å². The smallest absolute Gasteiger partial charge is 0.293 e. The quantitative estimate of drug-likeness (QED) is 0.547. The molecule has 0 atom stereocenters. The molecule has 3 rings (SSSR count). The Morgan fingerprint density at radius 3 is 2.31 bits per heavy atom. The van der Waals surface area contributed by atoms with Crippen LogP contribution in [0.2, 0.25) is 0 Å². The topological polar surface area (TPSA) is 95.8 Å². The number of piperidine rings is 1. The molecule has 0 bridgehead atoms. The Labute approximate surface area is 171 Å². The molecule has 2 aromatic rings. The molecule has 0 radical (unpaired) electrons. The zero-order valence-corrected chi connectivity index (χ0v) is 17.5. The van der Waals surface area contributed by atoms with Crippen LogP contribution in [0.1, 0.15) is 24.8 Å². The molecule has 29 heavy (non-hydrogen) atoms. The molecule has 8 nitrogen and oxygen atoms in total. The van der Waals surface area contributed by atoms with Crippen LogP contribution in [0.4, 0.5) is 17.1 Å². The van der Waals surface area contributed by atoms with Crippen LogP contribution < -0.4 is 10.2 Å². The van der Waals surface area contributed by atoms with Crippen molar-refractivity contribution in [2.75, 3.05) is 37.4 Å². The predicted molar refractivity (Wildman–Crippen MR) is 114 cm³/mol. The lowest BCUT2D eigenvalue weighted by Crippen LogP contribution is -2.35. The van der Waals surface area contributed by atoms with Crippen LogP contribution in [0.5, 0.6) is 0 Å².